The van der Waals surface area contributed by atoms with E-state index in [1.165, 1.54) is 0 Å². The highest BCUT2D eigenvalue weighted by Crippen LogP contribution is 2.20. The van der Waals surface area contributed by atoms with Crippen molar-refractivity contribution in [3.05, 3.63) is 64.4 Å². The second kappa shape index (κ2) is 8.94. The van der Waals surface area contributed by atoms with Crippen molar-refractivity contribution < 1.29 is 4.79 Å². The lowest BCUT2D eigenvalue weighted by Crippen LogP contribution is -2.35. The van der Waals surface area contributed by atoms with Gasteiger partial charge < -0.3 is 5.32 Å². The summed E-state index contributed by atoms with van der Waals surface area (Å²) in [5.74, 6) is 1.21. The second-order valence-electron chi connectivity index (χ2n) is 5.52. The normalized spacial score (nSPS) is 12.0. The standard InChI is InChI=1S/C18H21ClN2OS/c1-13-6-5-9-20-17(13)10-14(2)21-18(22)12-23-11-15-7-3-4-8-16(15)19/h3-9,14H,10-12H2,1-2H3,(H,21,22)/t14-/m1/s1. The number of benzene rings is 1. The topological polar surface area (TPSA) is 42.0 Å². The van der Waals surface area contributed by atoms with Gasteiger partial charge in [-0.2, -0.15) is 0 Å². The molecule has 2 rings (SSSR count). The Balaban J connectivity index is 1.74. The Kier molecular flexibility index (Phi) is 6.93. The molecular weight excluding hydrogens is 328 g/mol. The molecule has 0 fully saturated rings. The van der Waals surface area contributed by atoms with Gasteiger partial charge >= 0.3 is 0 Å². The summed E-state index contributed by atoms with van der Waals surface area (Å²) in [6.45, 7) is 4.04. The number of pyridine rings is 1. The molecule has 1 aromatic heterocycles. The molecule has 0 unspecified atom stereocenters. The van der Waals surface area contributed by atoms with Crippen molar-refractivity contribution in [1.82, 2.24) is 10.3 Å². The van der Waals surface area contributed by atoms with Crippen LogP contribution in [0.25, 0.3) is 0 Å². The van der Waals surface area contributed by atoms with Crippen molar-refractivity contribution in [1.29, 1.82) is 0 Å². The number of carbonyl (C=O) groups is 1. The van der Waals surface area contributed by atoms with Crippen LogP contribution in [0.1, 0.15) is 23.7 Å². The molecule has 5 heteroatoms. The maximum Gasteiger partial charge on any atom is 0.230 e. The first-order valence-electron chi connectivity index (χ1n) is 7.57. The first-order chi connectivity index (χ1) is 11.1. The fourth-order valence-electron chi connectivity index (χ4n) is 2.26. The van der Waals surface area contributed by atoms with E-state index in [9.17, 15) is 4.79 Å². The molecule has 1 N–H and O–H groups in total. The molecule has 3 nitrogen and oxygen atoms in total. The molecule has 0 aliphatic rings. The van der Waals surface area contributed by atoms with Gasteiger partial charge in [0.2, 0.25) is 5.91 Å². The summed E-state index contributed by atoms with van der Waals surface area (Å²) in [5.41, 5.74) is 3.25. The fourth-order valence-corrected chi connectivity index (χ4v) is 3.38. The SMILES string of the molecule is Cc1cccnc1C[C@@H](C)NC(=O)CSCc1ccccc1Cl. The summed E-state index contributed by atoms with van der Waals surface area (Å²) in [6.07, 6.45) is 2.53. The summed E-state index contributed by atoms with van der Waals surface area (Å²) in [4.78, 5) is 16.4. The van der Waals surface area contributed by atoms with Crippen LogP contribution in [0, 0.1) is 6.92 Å². The highest BCUT2D eigenvalue weighted by Gasteiger charge is 2.10. The van der Waals surface area contributed by atoms with Crippen LogP contribution in [0.5, 0.6) is 0 Å². The Morgan fingerprint density at radius 1 is 1.30 bits per heavy atom. The molecule has 1 aromatic carbocycles. The van der Waals surface area contributed by atoms with Crippen LogP contribution in [0.15, 0.2) is 42.6 Å². The Morgan fingerprint density at radius 3 is 2.83 bits per heavy atom. The number of aromatic nitrogens is 1. The van der Waals surface area contributed by atoms with Crippen LogP contribution >= 0.6 is 23.4 Å². The van der Waals surface area contributed by atoms with Gasteiger partial charge in [0.1, 0.15) is 0 Å². The number of halogens is 1. The number of rotatable bonds is 7. The fraction of sp³-hybridized carbons (Fsp3) is 0.333. The van der Waals surface area contributed by atoms with E-state index in [-0.39, 0.29) is 11.9 Å². The van der Waals surface area contributed by atoms with E-state index in [2.05, 4.69) is 10.3 Å². The summed E-state index contributed by atoms with van der Waals surface area (Å²) in [5, 5.41) is 3.77. The Hall–Kier alpha value is -1.52. The molecule has 122 valence electrons. The number of aryl methyl sites for hydroxylation is 1. The number of hydrogen-bond acceptors (Lipinski definition) is 3. The van der Waals surface area contributed by atoms with Crippen molar-refractivity contribution in [2.24, 2.45) is 0 Å². The van der Waals surface area contributed by atoms with Crippen LogP contribution in [0.3, 0.4) is 0 Å². The summed E-state index contributed by atoms with van der Waals surface area (Å²) in [6, 6.07) is 11.7. The van der Waals surface area contributed by atoms with Gasteiger partial charge in [0.15, 0.2) is 0 Å². The lowest BCUT2D eigenvalue weighted by molar-refractivity contribution is -0.119. The molecule has 1 amide bonds. The van der Waals surface area contributed by atoms with E-state index >= 15 is 0 Å². The van der Waals surface area contributed by atoms with Crippen molar-refractivity contribution in [3.8, 4) is 0 Å². The maximum atomic E-state index is 12.0. The third-order valence-corrected chi connectivity index (χ3v) is 4.82. The zero-order chi connectivity index (χ0) is 16.7. The summed E-state index contributed by atoms with van der Waals surface area (Å²) >= 11 is 7.68. The zero-order valence-corrected chi connectivity index (χ0v) is 15.0. The van der Waals surface area contributed by atoms with E-state index < -0.39 is 0 Å². The number of thioether (sulfide) groups is 1. The number of carbonyl (C=O) groups excluding carboxylic acids is 1. The van der Waals surface area contributed by atoms with Crippen LogP contribution < -0.4 is 5.32 Å². The minimum atomic E-state index is 0.0446. The van der Waals surface area contributed by atoms with Crippen molar-refractivity contribution >= 4 is 29.3 Å². The van der Waals surface area contributed by atoms with E-state index in [0.29, 0.717) is 5.75 Å². The summed E-state index contributed by atoms with van der Waals surface area (Å²) < 4.78 is 0. The molecule has 0 aliphatic heterocycles. The Bertz CT molecular complexity index is 663. The molecule has 0 saturated heterocycles. The van der Waals surface area contributed by atoms with Crippen LogP contribution in [-0.4, -0.2) is 22.7 Å². The first-order valence-corrected chi connectivity index (χ1v) is 9.10. The molecule has 0 spiro atoms. The lowest BCUT2D eigenvalue weighted by Gasteiger charge is -2.14. The average Bonchev–Trinajstić information content (AvgIpc) is 2.51. The minimum absolute atomic E-state index is 0.0446. The quantitative estimate of drug-likeness (QED) is 0.821. The predicted molar refractivity (Wildman–Crippen MR) is 97.9 cm³/mol. The van der Waals surface area contributed by atoms with Gasteiger partial charge in [-0.1, -0.05) is 35.9 Å². The van der Waals surface area contributed by atoms with E-state index in [4.69, 9.17) is 11.6 Å². The average molecular weight is 349 g/mol. The molecule has 0 saturated carbocycles. The van der Waals surface area contributed by atoms with Gasteiger partial charge in [-0.25, -0.2) is 0 Å². The second-order valence-corrected chi connectivity index (χ2v) is 6.92. The largest absolute Gasteiger partial charge is 0.353 e. The van der Waals surface area contributed by atoms with Crippen molar-refractivity contribution in [2.75, 3.05) is 5.75 Å². The van der Waals surface area contributed by atoms with E-state index in [1.807, 2.05) is 50.2 Å². The number of nitrogens with one attached hydrogen (secondary N) is 1. The van der Waals surface area contributed by atoms with Gasteiger partial charge in [-0.15, -0.1) is 11.8 Å². The first kappa shape index (κ1) is 17.8. The van der Waals surface area contributed by atoms with E-state index in [1.54, 1.807) is 18.0 Å². The van der Waals surface area contributed by atoms with Crippen LogP contribution in [0.2, 0.25) is 5.02 Å². The third-order valence-electron chi connectivity index (χ3n) is 3.47. The molecule has 0 bridgehead atoms. The third kappa shape index (κ3) is 5.88. The smallest absolute Gasteiger partial charge is 0.230 e. The van der Waals surface area contributed by atoms with Crippen LogP contribution in [0.4, 0.5) is 0 Å². The van der Waals surface area contributed by atoms with Gasteiger partial charge in [-0.05, 0) is 37.1 Å². The minimum Gasteiger partial charge on any atom is -0.353 e. The monoisotopic (exact) mass is 348 g/mol. The molecule has 2 aromatic rings. The lowest BCUT2D eigenvalue weighted by atomic mass is 10.1. The molecule has 0 radical (unpaired) electrons. The molecule has 0 aliphatic carbocycles. The predicted octanol–water partition coefficient (Wildman–Crippen LogP) is 4.02. The van der Waals surface area contributed by atoms with Crippen LogP contribution in [-0.2, 0) is 17.0 Å². The highest BCUT2D eigenvalue weighted by atomic mass is 35.5. The van der Waals surface area contributed by atoms with Gasteiger partial charge in [0, 0.05) is 35.1 Å². The summed E-state index contributed by atoms with van der Waals surface area (Å²) in [7, 11) is 0. The maximum absolute atomic E-state index is 12.0. The number of nitrogens with zero attached hydrogens (tertiary/aromatic N) is 1. The molecule has 1 atom stereocenters. The van der Waals surface area contributed by atoms with Gasteiger partial charge in [0.05, 0.1) is 5.75 Å². The Morgan fingerprint density at radius 2 is 2.09 bits per heavy atom. The number of amides is 1. The highest BCUT2D eigenvalue weighted by molar-refractivity contribution is 7.99. The Labute approximate surface area is 146 Å². The molecular formula is C18H21ClN2OS. The zero-order valence-electron chi connectivity index (χ0n) is 13.4. The molecule has 23 heavy (non-hydrogen) atoms. The van der Waals surface area contributed by atoms with Gasteiger partial charge in [0.25, 0.3) is 0 Å². The molecule has 1 heterocycles. The van der Waals surface area contributed by atoms with Gasteiger partial charge in [-0.3, -0.25) is 9.78 Å². The number of hydrogen-bond donors (Lipinski definition) is 1. The van der Waals surface area contributed by atoms with Crippen molar-refractivity contribution in [3.63, 3.8) is 0 Å². The van der Waals surface area contributed by atoms with Crippen molar-refractivity contribution in [2.45, 2.75) is 32.1 Å². The van der Waals surface area contributed by atoms with E-state index in [0.717, 1.165) is 34.0 Å².